The molecule has 1 N–H and O–H groups in total. The molecular formula is C19H35N. The van der Waals surface area contributed by atoms with Crippen LogP contribution in [0.1, 0.15) is 79.6 Å². The molecule has 3 unspecified atom stereocenters. The van der Waals surface area contributed by atoms with Crippen LogP contribution >= 0.6 is 0 Å². The molecule has 5 atom stereocenters. The molecule has 1 nitrogen and oxygen atoms in total. The van der Waals surface area contributed by atoms with Gasteiger partial charge in [-0.2, -0.15) is 0 Å². The van der Waals surface area contributed by atoms with Crippen LogP contribution in [0.15, 0.2) is 0 Å². The summed E-state index contributed by atoms with van der Waals surface area (Å²) in [7, 11) is 0. The van der Waals surface area contributed by atoms with Crippen molar-refractivity contribution in [3.63, 3.8) is 0 Å². The highest BCUT2D eigenvalue weighted by Gasteiger charge is 2.59. The van der Waals surface area contributed by atoms with E-state index in [2.05, 4.69) is 39.9 Å². The van der Waals surface area contributed by atoms with Crippen molar-refractivity contribution in [3.05, 3.63) is 0 Å². The Kier molecular flexibility index (Phi) is 3.72. The second-order valence-corrected chi connectivity index (χ2v) is 9.31. The van der Waals surface area contributed by atoms with Crippen molar-refractivity contribution >= 4 is 0 Å². The summed E-state index contributed by atoms with van der Waals surface area (Å²) < 4.78 is 0. The fourth-order valence-corrected chi connectivity index (χ4v) is 6.10. The minimum Gasteiger partial charge on any atom is -0.310 e. The zero-order valence-corrected chi connectivity index (χ0v) is 14.3. The van der Waals surface area contributed by atoms with E-state index in [9.17, 15) is 0 Å². The van der Waals surface area contributed by atoms with Gasteiger partial charge in [-0.15, -0.1) is 0 Å². The Balaban J connectivity index is 1.76. The van der Waals surface area contributed by atoms with Crippen molar-refractivity contribution < 1.29 is 0 Å². The van der Waals surface area contributed by atoms with Gasteiger partial charge in [-0.05, 0) is 60.7 Å². The summed E-state index contributed by atoms with van der Waals surface area (Å²) in [4.78, 5) is 0. The Labute approximate surface area is 126 Å². The predicted molar refractivity (Wildman–Crippen MR) is 86.7 cm³/mol. The lowest BCUT2D eigenvalue weighted by molar-refractivity contribution is 0.0726. The molecule has 3 saturated carbocycles. The molecule has 0 aromatic rings. The van der Waals surface area contributed by atoms with Crippen LogP contribution < -0.4 is 5.32 Å². The zero-order valence-electron chi connectivity index (χ0n) is 14.3. The van der Waals surface area contributed by atoms with E-state index in [-0.39, 0.29) is 0 Å². The van der Waals surface area contributed by atoms with Crippen LogP contribution in [0.3, 0.4) is 0 Å². The van der Waals surface area contributed by atoms with Crippen LogP contribution in [0, 0.1) is 28.6 Å². The number of fused-ring (bicyclic) bond motifs is 2. The van der Waals surface area contributed by atoms with E-state index in [1.54, 1.807) is 0 Å². The van der Waals surface area contributed by atoms with Crippen molar-refractivity contribution in [1.82, 2.24) is 5.32 Å². The molecule has 3 aliphatic carbocycles. The molecule has 0 radical (unpaired) electrons. The first-order valence-electron chi connectivity index (χ1n) is 9.10. The maximum absolute atomic E-state index is 4.21. The van der Waals surface area contributed by atoms with Crippen molar-refractivity contribution in [3.8, 4) is 0 Å². The smallest absolute Gasteiger partial charge is 0.0177 e. The van der Waals surface area contributed by atoms with Crippen molar-refractivity contribution in [1.29, 1.82) is 0 Å². The van der Waals surface area contributed by atoms with Gasteiger partial charge in [0, 0.05) is 12.1 Å². The van der Waals surface area contributed by atoms with Gasteiger partial charge in [-0.1, -0.05) is 47.5 Å². The fraction of sp³-hybridized carbons (Fsp3) is 1.00. The van der Waals surface area contributed by atoms with Crippen LogP contribution in [0.25, 0.3) is 0 Å². The largest absolute Gasteiger partial charge is 0.310 e. The van der Waals surface area contributed by atoms with Gasteiger partial charge in [-0.25, -0.2) is 0 Å². The van der Waals surface area contributed by atoms with E-state index in [0.29, 0.717) is 10.8 Å². The average molecular weight is 277 g/mol. The molecule has 1 heteroatoms. The van der Waals surface area contributed by atoms with E-state index in [1.165, 1.54) is 44.9 Å². The van der Waals surface area contributed by atoms with Crippen molar-refractivity contribution in [2.24, 2.45) is 28.6 Å². The van der Waals surface area contributed by atoms with Gasteiger partial charge in [0.2, 0.25) is 0 Å². The monoisotopic (exact) mass is 277 g/mol. The lowest BCUT2D eigenvalue weighted by atomic mass is 9.67. The van der Waals surface area contributed by atoms with E-state index in [1.807, 2.05) is 0 Å². The summed E-state index contributed by atoms with van der Waals surface area (Å²) >= 11 is 0. The van der Waals surface area contributed by atoms with Gasteiger partial charge in [0.05, 0.1) is 0 Å². The molecule has 2 bridgehead atoms. The first-order chi connectivity index (χ1) is 9.34. The zero-order chi connectivity index (χ0) is 14.5. The van der Waals surface area contributed by atoms with Gasteiger partial charge in [-0.3, -0.25) is 0 Å². The third kappa shape index (κ3) is 2.25. The normalized spacial score (nSPS) is 47.1. The molecule has 20 heavy (non-hydrogen) atoms. The maximum Gasteiger partial charge on any atom is 0.0177 e. The molecule has 0 spiro atoms. The van der Waals surface area contributed by atoms with Gasteiger partial charge < -0.3 is 5.32 Å². The molecule has 0 aromatic heterocycles. The summed E-state index contributed by atoms with van der Waals surface area (Å²) in [5.41, 5.74) is 1.08. The fourth-order valence-electron chi connectivity index (χ4n) is 6.10. The minimum absolute atomic E-state index is 0.506. The first kappa shape index (κ1) is 14.9. The Morgan fingerprint density at radius 3 is 2.30 bits per heavy atom. The van der Waals surface area contributed by atoms with Crippen LogP contribution in [-0.2, 0) is 0 Å². The number of rotatable bonds is 3. The Morgan fingerprint density at radius 2 is 1.70 bits per heavy atom. The Hall–Kier alpha value is -0.0400. The molecule has 0 heterocycles. The predicted octanol–water partition coefficient (Wildman–Crippen LogP) is 5.01. The lowest BCUT2D eigenvalue weighted by Gasteiger charge is -2.47. The van der Waals surface area contributed by atoms with E-state index in [0.717, 1.165) is 29.8 Å². The molecule has 116 valence electrons. The second kappa shape index (κ2) is 5.00. The van der Waals surface area contributed by atoms with E-state index >= 15 is 0 Å². The summed E-state index contributed by atoms with van der Waals surface area (Å²) in [6, 6.07) is 1.53. The quantitative estimate of drug-likeness (QED) is 0.765. The molecule has 3 rings (SSSR count). The minimum atomic E-state index is 0.506. The number of nitrogens with one attached hydrogen (secondary N) is 1. The highest BCUT2D eigenvalue weighted by atomic mass is 15.0. The Bertz CT molecular complexity index is 354. The second-order valence-electron chi connectivity index (χ2n) is 9.31. The number of hydrogen-bond acceptors (Lipinski definition) is 1. The van der Waals surface area contributed by atoms with Crippen molar-refractivity contribution in [2.75, 3.05) is 0 Å². The van der Waals surface area contributed by atoms with Crippen LogP contribution in [0.4, 0.5) is 0 Å². The summed E-state index contributed by atoms with van der Waals surface area (Å²) in [6.07, 6.45) is 10.1. The highest BCUT2D eigenvalue weighted by molar-refractivity contribution is 5.13. The lowest BCUT2D eigenvalue weighted by Crippen LogP contribution is -2.56. The van der Waals surface area contributed by atoms with Gasteiger partial charge in [0.1, 0.15) is 0 Å². The van der Waals surface area contributed by atoms with E-state index in [4.69, 9.17) is 0 Å². The molecule has 0 aromatic carbocycles. The molecule has 3 aliphatic rings. The SMILES string of the molecule is CC(C)C1CCCCC1NC1C(C)(C)[C@H]2CC[C@]1(C)C2. The number of hydrogen-bond donors (Lipinski definition) is 1. The van der Waals surface area contributed by atoms with Crippen molar-refractivity contribution in [2.45, 2.75) is 91.6 Å². The molecule has 3 fully saturated rings. The van der Waals surface area contributed by atoms with Gasteiger partial charge >= 0.3 is 0 Å². The summed E-state index contributed by atoms with van der Waals surface area (Å²) in [5, 5.41) is 4.21. The van der Waals surface area contributed by atoms with Gasteiger partial charge in [0.25, 0.3) is 0 Å². The first-order valence-corrected chi connectivity index (χ1v) is 9.10. The topological polar surface area (TPSA) is 12.0 Å². The van der Waals surface area contributed by atoms with Crippen LogP contribution in [0.5, 0.6) is 0 Å². The average Bonchev–Trinajstić information content (AvgIpc) is 2.86. The van der Waals surface area contributed by atoms with Crippen LogP contribution in [-0.4, -0.2) is 12.1 Å². The van der Waals surface area contributed by atoms with Gasteiger partial charge in [0.15, 0.2) is 0 Å². The van der Waals surface area contributed by atoms with E-state index < -0.39 is 0 Å². The standard InChI is InChI=1S/C19H35N/c1-13(2)15-8-6-7-9-16(15)20-17-18(3,4)14-10-11-19(17,5)12-14/h13-17,20H,6-12H2,1-5H3/t14-,15?,16?,17?,19+/m0/s1. The maximum atomic E-state index is 4.21. The Morgan fingerprint density at radius 1 is 1.00 bits per heavy atom. The third-order valence-corrected chi connectivity index (χ3v) is 7.33. The summed E-state index contributed by atoms with van der Waals surface area (Å²) in [5.74, 6) is 2.70. The third-order valence-electron chi connectivity index (χ3n) is 7.33. The van der Waals surface area contributed by atoms with Crippen LogP contribution in [0.2, 0.25) is 0 Å². The summed E-state index contributed by atoms with van der Waals surface area (Å²) in [6.45, 7) is 12.5. The molecule has 0 amide bonds. The molecule has 0 saturated heterocycles. The molecule has 0 aliphatic heterocycles. The molecular weight excluding hydrogens is 242 g/mol. The highest BCUT2D eigenvalue weighted by Crippen LogP contribution is 2.62.